The molecule has 2 aromatic carbocycles. The fourth-order valence-electron chi connectivity index (χ4n) is 3.70. The van der Waals surface area contributed by atoms with E-state index < -0.39 is 11.7 Å². The maximum atomic E-state index is 13.6. The van der Waals surface area contributed by atoms with E-state index in [1.54, 1.807) is 18.2 Å². The largest absolute Gasteiger partial charge is 0.418 e. The molecule has 0 bridgehead atoms. The highest BCUT2D eigenvalue weighted by Gasteiger charge is 2.34. The highest BCUT2D eigenvalue weighted by Crippen LogP contribution is 2.37. The fourth-order valence-corrected chi connectivity index (χ4v) is 3.70. The minimum Gasteiger partial charge on any atom is -0.340 e. The third-order valence-electron chi connectivity index (χ3n) is 5.63. The van der Waals surface area contributed by atoms with Crippen LogP contribution in [-0.2, 0) is 11.6 Å². The number of benzene rings is 2. The van der Waals surface area contributed by atoms with Crippen LogP contribution in [-0.4, -0.2) is 15.0 Å². The molecular formula is C27H27F3N4. The van der Waals surface area contributed by atoms with Crippen LogP contribution >= 0.6 is 0 Å². The van der Waals surface area contributed by atoms with Crippen molar-refractivity contribution >= 4 is 22.4 Å². The van der Waals surface area contributed by atoms with Gasteiger partial charge >= 0.3 is 6.18 Å². The number of anilines is 2. The second-order valence-electron chi connectivity index (χ2n) is 9.67. The maximum absolute atomic E-state index is 13.6. The van der Waals surface area contributed by atoms with Crippen molar-refractivity contribution in [2.75, 3.05) is 5.32 Å². The van der Waals surface area contributed by atoms with E-state index in [9.17, 15) is 13.2 Å². The van der Waals surface area contributed by atoms with Gasteiger partial charge < -0.3 is 5.32 Å². The summed E-state index contributed by atoms with van der Waals surface area (Å²) < 4.78 is 40.7. The second kappa shape index (κ2) is 8.70. The number of aromatic nitrogens is 3. The SMILES string of the molecule is CC(C)c1nc(Nc2ccc(C(C)(C)C)cc2)c2ccc(-c3ncccc3C(F)(F)F)cc2n1. The summed E-state index contributed by atoms with van der Waals surface area (Å²) in [6, 6.07) is 15.5. The normalized spacial score (nSPS) is 12.4. The summed E-state index contributed by atoms with van der Waals surface area (Å²) in [6.45, 7) is 10.4. The van der Waals surface area contributed by atoms with Crippen LogP contribution in [0.2, 0.25) is 0 Å². The smallest absolute Gasteiger partial charge is 0.340 e. The number of nitrogens with one attached hydrogen (secondary N) is 1. The molecule has 0 atom stereocenters. The molecule has 0 fully saturated rings. The zero-order valence-corrected chi connectivity index (χ0v) is 19.8. The van der Waals surface area contributed by atoms with Crippen molar-refractivity contribution in [3.8, 4) is 11.3 Å². The highest BCUT2D eigenvalue weighted by atomic mass is 19.4. The van der Waals surface area contributed by atoms with Gasteiger partial charge in [-0.15, -0.1) is 0 Å². The summed E-state index contributed by atoms with van der Waals surface area (Å²) >= 11 is 0. The Balaban J connectivity index is 1.80. The molecule has 0 amide bonds. The quantitative estimate of drug-likeness (QED) is 0.334. The topological polar surface area (TPSA) is 50.7 Å². The molecule has 0 saturated heterocycles. The number of rotatable bonds is 4. The Bertz CT molecular complexity index is 1320. The lowest BCUT2D eigenvalue weighted by molar-refractivity contribution is -0.137. The van der Waals surface area contributed by atoms with E-state index in [2.05, 4.69) is 48.2 Å². The average Bonchev–Trinajstić information content (AvgIpc) is 2.77. The number of fused-ring (bicyclic) bond motifs is 1. The van der Waals surface area contributed by atoms with Crippen LogP contribution in [0.3, 0.4) is 0 Å². The van der Waals surface area contributed by atoms with E-state index in [-0.39, 0.29) is 17.0 Å². The van der Waals surface area contributed by atoms with Crippen LogP contribution in [0.4, 0.5) is 24.7 Å². The molecule has 0 radical (unpaired) electrons. The average molecular weight is 465 g/mol. The predicted molar refractivity (Wildman–Crippen MR) is 130 cm³/mol. The van der Waals surface area contributed by atoms with Crippen molar-refractivity contribution in [1.82, 2.24) is 15.0 Å². The zero-order chi connectivity index (χ0) is 24.7. The number of halogens is 3. The molecule has 7 heteroatoms. The second-order valence-corrected chi connectivity index (χ2v) is 9.67. The van der Waals surface area contributed by atoms with Gasteiger partial charge in [-0.1, -0.05) is 52.8 Å². The standard InChI is InChI=1S/C27H27F3N4/c1-16(2)24-33-22-15-17(23-21(27(28,29)30)7-6-14-31-23)8-13-20(22)25(34-24)32-19-11-9-18(10-12-19)26(3,4)5/h6-16H,1-5H3,(H,32,33,34). The Morgan fingerprint density at radius 2 is 1.59 bits per heavy atom. The van der Waals surface area contributed by atoms with Crippen molar-refractivity contribution in [2.45, 2.75) is 52.1 Å². The Labute approximate surface area is 197 Å². The summed E-state index contributed by atoms with van der Waals surface area (Å²) in [4.78, 5) is 13.4. The third kappa shape index (κ3) is 4.88. The van der Waals surface area contributed by atoms with Gasteiger partial charge in [-0.05, 0) is 47.4 Å². The Kier molecular flexibility index (Phi) is 6.06. The molecule has 0 saturated carbocycles. The predicted octanol–water partition coefficient (Wildman–Crippen LogP) is 7.88. The van der Waals surface area contributed by atoms with Crippen LogP contribution in [0.5, 0.6) is 0 Å². The Morgan fingerprint density at radius 3 is 2.21 bits per heavy atom. The van der Waals surface area contributed by atoms with Gasteiger partial charge in [0.25, 0.3) is 0 Å². The molecule has 34 heavy (non-hydrogen) atoms. The molecular weight excluding hydrogens is 437 g/mol. The minimum absolute atomic E-state index is 0.0393. The minimum atomic E-state index is -4.50. The van der Waals surface area contributed by atoms with E-state index in [0.29, 0.717) is 22.7 Å². The van der Waals surface area contributed by atoms with Gasteiger partial charge in [-0.25, -0.2) is 9.97 Å². The van der Waals surface area contributed by atoms with Gasteiger partial charge in [0.2, 0.25) is 0 Å². The molecule has 0 aliphatic carbocycles. The summed E-state index contributed by atoms with van der Waals surface area (Å²) in [7, 11) is 0. The molecule has 1 N–H and O–H groups in total. The van der Waals surface area contributed by atoms with E-state index in [1.165, 1.54) is 17.8 Å². The van der Waals surface area contributed by atoms with Gasteiger partial charge in [0.05, 0.1) is 16.8 Å². The number of nitrogens with zero attached hydrogens (tertiary/aromatic N) is 3. The number of hydrogen-bond acceptors (Lipinski definition) is 4. The number of pyridine rings is 1. The summed E-state index contributed by atoms with van der Waals surface area (Å²) in [5.74, 6) is 1.26. The number of alkyl halides is 3. The van der Waals surface area contributed by atoms with E-state index in [1.807, 2.05) is 26.0 Å². The molecule has 0 unspecified atom stereocenters. The zero-order valence-electron chi connectivity index (χ0n) is 19.8. The van der Waals surface area contributed by atoms with Crippen molar-refractivity contribution < 1.29 is 13.2 Å². The van der Waals surface area contributed by atoms with Gasteiger partial charge in [-0.3, -0.25) is 4.98 Å². The first-order valence-electron chi connectivity index (χ1n) is 11.2. The van der Waals surface area contributed by atoms with Crippen LogP contribution < -0.4 is 5.32 Å². The van der Waals surface area contributed by atoms with Crippen molar-refractivity contribution in [1.29, 1.82) is 0 Å². The molecule has 0 aliphatic rings. The van der Waals surface area contributed by atoms with Crippen LogP contribution in [0.15, 0.2) is 60.8 Å². The third-order valence-corrected chi connectivity index (χ3v) is 5.63. The van der Waals surface area contributed by atoms with Gasteiger partial charge in [-0.2, -0.15) is 13.2 Å². The maximum Gasteiger partial charge on any atom is 0.418 e. The Hall–Kier alpha value is -3.48. The van der Waals surface area contributed by atoms with E-state index in [0.717, 1.165) is 17.1 Å². The lowest BCUT2D eigenvalue weighted by Gasteiger charge is -2.19. The van der Waals surface area contributed by atoms with Crippen molar-refractivity contribution in [2.24, 2.45) is 0 Å². The summed E-state index contributed by atoms with van der Waals surface area (Å²) in [5.41, 5.74) is 2.16. The van der Waals surface area contributed by atoms with Crippen molar-refractivity contribution in [3.05, 3.63) is 77.7 Å². The van der Waals surface area contributed by atoms with E-state index >= 15 is 0 Å². The molecule has 2 heterocycles. The molecule has 176 valence electrons. The monoisotopic (exact) mass is 464 g/mol. The summed E-state index contributed by atoms with van der Waals surface area (Å²) in [5, 5.41) is 4.09. The molecule has 4 nitrogen and oxygen atoms in total. The molecule has 2 aromatic heterocycles. The van der Waals surface area contributed by atoms with Gasteiger partial charge in [0, 0.05) is 28.8 Å². The van der Waals surface area contributed by atoms with Crippen LogP contribution in [0.25, 0.3) is 22.2 Å². The molecule has 4 aromatic rings. The van der Waals surface area contributed by atoms with Gasteiger partial charge in [0.15, 0.2) is 0 Å². The summed E-state index contributed by atoms with van der Waals surface area (Å²) in [6.07, 6.45) is -3.14. The first kappa shape index (κ1) is 23.7. The molecule has 4 rings (SSSR count). The first-order valence-corrected chi connectivity index (χ1v) is 11.2. The lowest BCUT2D eigenvalue weighted by Crippen LogP contribution is -2.10. The van der Waals surface area contributed by atoms with Crippen LogP contribution in [0, 0.1) is 0 Å². The van der Waals surface area contributed by atoms with Crippen molar-refractivity contribution in [3.63, 3.8) is 0 Å². The highest BCUT2D eigenvalue weighted by molar-refractivity contribution is 5.93. The first-order chi connectivity index (χ1) is 15.9. The fraction of sp³-hybridized carbons (Fsp3) is 0.296. The lowest BCUT2D eigenvalue weighted by atomic mass is 9.87. The van der Waals surface area contributed by atoms with Gasteiger partial charge in [0.1, 0.15) is 11.6 Å². The number of hydrogen-bond donors (Lipinski definition) is 1. The van der Waals surface area contributed by atoms with Crippen LogP contribution in [0.1, 0.15) is 57.5 Å². The van der Waals surface area contributed by atoms with E-state index in [4.69, 9.17) is 4.98 Å². The molecule has 0 spiro atoms. The Morgan fingerprint density at radius 1 is 0.882 bits per heavy atom. The molecule has 0 aliphatic heterocycles.